The number of rotatable bonds is 5. The molecule has 0 heterocycles. The Labute approximate surface area is 97.6 Å². The van der Waals surface area contributed by atoms with Gasteiger partial charge in [0, 0.05) is 5.56 Å². The average Bonchev–Trinajstić information content (AvgIpc) is 2.31. The molecule has 0 radical (unpaired) electrons. The van der Waals surface area contributed by atoms with E-state index in [0.29, 0.717) is 12.5 Å². The van der Waals surface area contributed by atoms with Gasteiger partial charge in [0.05, 0.1) is 14.2 Å². The lowest BCUT2D eigenvalue weighted by Crippen LogP contribution is -2.13. The molecule has 0 saturated heterocycles. The van der Waals surface area contributed by atoms with Crippen molar-refractivity contribution in [2.45, 2.75) is 26.2 Å². The third-order valence-electron chi connectivity index (χ3n) is 2.96. The molecule has 1 aromatic carbocycles. The Kier molecular flexibility index (Phi) is 4.62. The fraction of sp³-hybridized carbons (Fsp3) is 0.538. The molecule has 2 N–H and O–H groups in total. The summed E-state index contributed by atoms with van der Waals surface area (Å²) in [5.41, 5.74) is 7.99. The van der Waals surface area contributed by atoms with Gasteiger partial charge in [-0.05, 0) is 43.5 Å². The summed E-state index contributed by atoms with van der Waals surface area (Å²) in [5, 5.41) is 0. The lowest BCUT2D eigenvalue weighted by Gasteiger charge is -2.18. The molecule has 0 amide bonds. The molecule has 0 fully saturated rings. The van der Waals surface area contributed by atoms with Crippen LogP contribution in [0.1, 0.15) is 30.4 Å². The van der Waals surface area contributed by atoms with Crippen molar-refractivity contribution in [1.29, 1.82) is 0 Å². The third-order valence-corrected chi connectivity index (χ3v) is 2.96. The van der Waals surface area contributed by atoms with Gasteiger partial charge < -0.3 is 15.2 Å². The quantitative estimate of drug-likeness (QED) is 0.834. The molecule has 1 rings (SSSR count). The highest BCUT2D eigenvalue weighted by Gasteiger charge is 2.15. The number of nitrogens with two attached hydrogens (primary N) is 1. The van der Waals surface area contributed by atoms with Gasteiger partial charge in [-0.25, -0.2) is 0 Å². The maximum absolute atomic E-state index is 5.77. The summed E-state index contributed by atoms with van der Waals surface area (Å²) in [6, 6.07) is 4.04. The molecule has 1 aromatic rings. The second-order valence-electron chi connectivity index (χ2n) is 3.90. The van der Waals surface area contributed by atoms with Gasteiger partial charge in [-0.15, -0.1) is 0 Å². The van der Waals surface area contributed by atoms with Crippen molar-refractivity contribution in [2.75, 3.05) is 20.8 Å². The molecule has 3 nitrogen and oxygen atoms in total. The van der Waals surface area contributed by atoms with E-state index in [1.807, 2.05) is 19.1 Å². The highest BCUT2D eigenvalue weighted by Crippen LogP contribution is 2.34. The van der Waals surface area contributed by atoms with Crippen LogP contribution in [0.3, 0.4) is 0 Å². The smallest absolute Gasteiger partial charge is 0.122 e. The molecule has 1 atom stereocenters. The van der Waals surface area contributed by atoms with E-state index >= 15 is 0 Å². The molecular weight excluding hydrogens is 202 g/mol. The van der Waals surface area contributed by atoms with Crippen LogP contribution < -0.4 is 15.2 Å². The minimum absolute atomic E-state index is 0.324. The van der Waals surface area contributed by atoms with Crippen molar-refractivity contribution in [3.8, 4) is 11.5 Å². The highest BCUT2D eigenvalue weighted by atomic mass is 16.5. The summed E-state index contributed by atoms with van der Waals surface area (Å²) in [5.74, 6) is 2.11. The van der Waals surface area contributed by atoms with Crippen LogP contribution in [0.2, 0.25) is 0 Å². The van der Waals surface area contributed by atoms with Crippen LogP contribution in [0.25, 0.3) is 0 Å². The molecule has 0 bridgehead atoms. The van der Waals surface area contributed by atoms with E-state index in [9.17, 15) is 0 Å². The lowest BCUT2D eigenvalue weighted by atomic mass is 9.94. The van der Waals surface area contributed by atoms with Gasteiger partial charge in [-0.3, -0.25) is 0 Å². The summed E-state index contributed by atoms with van der Waals surface area (Å²) < 4.78 is 10.7. The first-order valence-corrected chi connectivity index (χ1v) is 5.60. The highest BCUT2D eigenvalue weighted by molar-refractivity contribution is 5.47. The Morgan fingerprint density at radius 2 is 1.81 bits per heavy atom. The van der Waals surface area contributed by atoms with Gasteiger partial charge in [0.1, 0.15) is 11.5 Å². The Bertz CT molecular complexity index is 346. The van der Waals surface area contributed by atoms with E-state index in [4.69, 9.17) is 15.2 Å². The molecule has 0 aliphatic rings. The number of benzene rings is 1. The fourth-order valence-corrected chi connectivity index (χ4v) is 1.91. The molecule has 3 heteroatoms. The maximum atomic E-state index is 5.77. The second kappa shape index (κ2) is 5.75. The summed E-state index contributed by atoms with van der Waals surface area (Å²) in [4.78, 5) is 0. The molecular formula is C13H21NO2. The van der Waals surface area contributed by atoms with Crippen molar-refractivity contribution >= 4 is 0 Å². The summed E-state index contributed by atoms with van der Waals surface area (Å²) >= 11 is 0. The van der Waals surface area contributed by atoms with Crippen LogP contribution in [-0.2, 0) is 0 Å². The van der Waals surface area contributed by atoms with E-state index in [-0.39, 0.29) is 0 Å². The number of hydrogen-bond acceptors (Lipinski definition) is 3. The van der Waals surface area contributed by atoms with Crippen LogP contribution in [0, 0.1) is 6.92 Å². The molecule has 0 aromatic heterocycles. The predicted octanol–water partition coefficient (Wildman–Crippen LogP) is 2.46. The normalized spacial score (nSPS) is 12.3. The Hall–Kier alpha value is -1.22. The van der Waals surface area contributed by atoms with Crippen LogP contribution in [0.5, 0.6) is 11.5 Å². The zero-order valence-corrected chi connectivity index (χ0v) is 10.5. The van der Waals surface area contributed by atoms with Crippen molar-refractivity contribution in [2.24, 2.45) is 5.73 Å². The van der Waals surface area contributed by atoms with Crippen LogP contribution >= 0.6 is 0 Å². The first-order valence-electron chi connectivity index (χ1n) is 5.60. The topological polar surface area (TPSA) is 44.5 Å². The minimum Gasteiger partial charge on any atom is -0.496 e. The van der Waals surface area contributed by atoms with Crippen LogP contribution in [-0.4, -0.2) is 20.8 Å². The summed E-state index contributed by atoms with van der Waals surface area (Å²) in [6.45, 7) is 4.76. The van der Waals surface area contributed by atoms with Crippen LogP contribution in [0.4, 0.5) is 0 Å². The van der Waals surface area contributed by atoms with Crippen molar-refractivity contribution in [3.63, 3.8) is 0 Å². The molecule has 0 spiro atoms. The van der Waals surface area contributed by atoms with Gasteiger partial charge in [0.15, 0.2) is 0 Å². The van der Waals surface area contributed by atoms with Crippen molar-refractivity contribution < 1.29 is 9.47 Å². The monoisotopic (exact) mass is 223 g/mol. The van der Waals surface area contributed by atoms with Crippen molar-refractivity contribution in [1.82, 2.24) is 0 Å². The second-order valence-corrected chi connectivity index (χ2v) is 3.90. The standard InChI is InChI=1S/C13H21NO2/c1-5-10(8-14)11-7-12(15-3)9(2)6-13(11)16-4/h6-7,10H,5,8,14H2,1-4H3. The Morgan fingerprint density at radius 3 is 2.25 bits per heavy atom. The molecule has 1 unspecified atom stereocenters. The third kappa shape index (κ3) is 2.47. The van der Waals surface area contributed by atoms with E-state index in [0.717, 1.165) is 29.0 Å². The zero-order chi connectivity index (χ0) is 12.1. The SMILES string of the molecule is CCC(CN)c1cc(OC)c(C)cc1OC. The van der Waals surface area contributed by atoms with Gasteiger partial charge in [0.2, 0.25) is 0 Å². The number of methoxy groups -OCH3 is 2. The van der Waals surface area contributed by atoms with Gasteiger partial charge >= 0.3 is 0 Å². The van der Waals surface area contributed by atoms with Gasteiger partial charge in [-0.2, -0.15) is 0 Å². The Morgan fingerprint density at radius 1 is 1.19 bits per heavy atom. The molecule has 90 valence electrons. The first kappa shape index (κ1) is 12.8. The molecule has 16 heavy (non-hydrogen) atoms. The number of hydrogen-bond donors (Lipinski definition) is 1. The Balaban J connectivity index is 3.23. The van der Waals surface area contributed by atoms with Crippen molar-refractivity contribution in [3.05, 3.63) is 23.3 Å². The van der Waals surface area contributed by atoms with Gasteiger partial charge in [0.25, 0.3) is 0 Å². The first-order chi connectivity index (χ1) is 7.67. The molecule has 0 aliphatic carbocycles. The predicted molar refractivity (Wildman–Crippen MR) is 66.4 cm³/mol. The summed E-state index contributed by atoms with van der Waals surface area (Å²) in [7, 11) is 3.37. The van der Waals surface area contributed by atoms with E-state index in [1.54, 1.807) is 14.2 Å². The largest absolute Gasteiger partial charge is 0.496 e. The van der Waals surface area contributed by atoms with E-state index in [2.05, 4.69) is 6.92 Å². The van der Waals surface area contributed by atoms with Crippen LogP contribution in [0.15, 0.2) is 12.1 Å². The van der Waals surface area contributed by atoms with E-state index < -0.39 is 0 Å². The molecule has 0 saturated carbocycles. The minimum atomic E-state index is 0.324. The fourth-order valence-electron chi connectivity index (χ4n) is 1.91. The van der Waals surface area contributed by atoms with Gasteiger partial charge in [-0.1, -0.05) is 6.92 Å². The summed E-state index contributed by atoms with van der Waals surface area (Å²) in [6.07, 6.45) is 0.999. The average molecular weight is 223 g/mol. The number of aryl methyl sites for hydroxylation is 1. The maximum Gasteiger partial charge on any atom is 0.122 e. The molecule has 0 aliphatic heterocycles. The number of ether oxygens (including phenoxy) is 2. The van der Waals surface area contributed by atoms with E-state index in [1.165, 1.54) is 0 Å². The lowest BCUT2D eigenvalue weighted by molar-refractivity contribution is 0.392. The zero-order valence-electron chi connectivity index (χ0n) is 10.5.